The van der Waals surface area contributed by atoms with Crippen LogP contribution in [0.4, 0.5) is 0 Å². The third-order valence-electron chi connectivity index (χ3n) is 3.89. The molecule has 3 heterocycles. The molecule has 0 aliphatic carbocycles. The highest BCUT2D eigenvalue weighted by molar-refractivity contribution is 7.91. The van der Waals surface area contributed by atoms with Gasteiger partial charge in [0.2, 0.25) is 0 Å². The molecule has 0 aromatic carbocycles. The molecule has 100 valence electrons. The van der Waals surface area contributed by atoms with E-state index in [0.717, 1.165) is 19.5 Å². The largest absolute Gasteiger partial charge is 0.298 e. The smallest absolute Gasteiger partial charge is 0.252 e. The van der Waals surface area contributed by atoms with Crippen molar-refractivity contribution < 1.29 is 8.42 Å². The van der Waals surface area contributed by atoms with Crippen LogP contribution in [0.5, 0.6) is 0 Å². The van der Waals surface area contributed by atoms with Crippen LogP contribution in [-0.4, -0.2) is 49.8 Å². The molecular weight excluding hydrogens is 268 g/mol. The molecule has 0 radical (unpaired) electrons. The summed E-state index contributed by atoms with van der Waals surface area (Å²) in [6.45, 7) is 3.32. The normalized spacial score (nSPS) is 27.0. The van der Waals surface area contributed by atoms with Crippen LogP contribution < -0.4 is 0 Å². The summed E-state index contributed by atoms with van der Waals surface area (Å²) in [5, 5.41) is 1.82. The Balaban J connectivity index is 1.78. The molecule has 1 aromatic heterocycles. The number of fused-ring (bicyclic) bond motifs is 1. The van der Waals surface area contributed by atoms with E-state index in [4.69, 9.17) is 0 Å². The minimum atomic E-state index is -3.24. The van der Waals surface area contributed by atoms with E-state index >= 15 is 0 Å². The Hall–Kier alpha value is -0.430. The van der Waals surface area contributed by atoms with Gasteiger partial charge in [0.05, 0.1) is 0 Å². The highest BCUT2D eigenvalue weighted by Gasteiger charge is 2.35. The van der Waals surface area contributed by atoms with Crippen LogP contribution in [0.15, 0.2) is 21.7 Å². The van der Waals surface area contributed by atoms with E-state index < -0.39 is 10.0 Å². The van der Waals surface area contributed by atoms with Crippen LogP contribution in [-0.2, 0) is 10.0 Å². The maximum Gasteiger partial charge on any atom is 0.252 e. The predicted octanol–water partition coefficient (Wildman–Crippen LogP) is 1.61. The lowest BCUT2D eigenvalue weighted by Gasteiger charge is -2.43. The third kappa shape index (κ3) is 2.22. The van der Waals surface area contributed by atoms with E-state index in [1.54, 1.807) is 16.4 Å². The molecule has 0 amide bonds. The molecule has 2 saturated heterocycles. The van der Waals surface area contributed by atoms with E-state index in [9.17, 15) is 8.42 Å². The summed E-state index contributed by atoms with van der Waals surface area (Å²) < 4.78 is 27.0. The fraction of sp³-hybridized carbons (Fsp3) is 0.667. The van der Waals surface area contributed by atoms with E-state index in [0.29, 0.717) is 23.3 Å². The average Bonchev–Trinajstić information content (AvgIpc) is 2.92. The molecule has 3 rings (SSSR count). The SMILES string of the molecule is O=S(=O)(c1cccs1)N1CCN2CCCCC2C1. The van der Waals surface area contributed by atoms with E-state index in [1.165, 1.54) is 24.2 Å². The second kappa shape index (κ2) is 4.92. The van der Waals surface area contributed by atoms with Crippen LogP contribution in [0.1, 0.15) is 19.3 Å². The fourth-order valence-corrected chi connectivity index (χ4v) is 5.50. The van der Waals surface area contributed by atoms with Gasteiger partial charge in [-0.1, -0.05) is 12.5 Å². The highest BCUT2D eigenvalue weighted by atomic mass is 32.2. The van der Waals surface area contributed by atoms with Gasteiger partial charge in [0, 0.05) is 25.7 Å². The number of rotatable bonds is 2. The van der Waals surface area contributed by atoms with Gasteiger partial charge in [-0.3, -0.25) is 4.90 Å². The van der Waals surface area contributed by atoms with Crippen molar-refractivity contribution in [1.82, 2.24) is 9.21 Å². The summed E-state index contributed by atoms with van der Waals surface area (Å²) >= 11 is 1.31. The fourth-order valence-electron chi connectivity index (χ4n) is 2.88. The quantitative estimate of drug-likeness (QED) is 0.829. The van der Waals surface area contributed by atoms with Crippen molar-refractivity contribution in [3.05, 3.63) is 17.5 Å². The molecule has 1 unspecified atom stereocenters. The zero-order valence-electron chi connectivity index (χ0n) is 10.3. The molecule has 0 spiro atoms. The van der Waals surface area contributed by atoms with Crippen LogP contribution in [0, 0.1) is 0 Å². The Morgan fingerprint density at radius 2 is 2.11 bits per heavy atom. The number of piperazine rings is 1. The number of nitrogens with zero attached hydrogens (tertiary/aromatic N) is 2. The van der Waals surface area contributed by atoms with Crippen molar-refractivity contribution in [2.45, 2.75) is 29.5 Å². The maximum absolute atomic E-state index is 12.4. The summed E-state index contributed by atoms with van der Waals surface area (Å²) in [5.41, 5.74) is 0. The first-order chi connectivity index (χ1) is 8.68. The van der Waals surface area contributed by atoms with Crippen molar-refractivity contribution in [2.75, 3.05) is 26.2 Å². The van der Waals surface area contributed by atoms with E-state index in [2.05, 4.69) is 4.90 Å². The van der Waals surface area contributed by atoms with Crippen molar-refractivity contribution in [1.29, 1.82) is 0 Å². The Bertz CT molecular complexity index is 498. The van der Waals surface area contributed by atoms with Crippen molar-refractivity contribution in [2.24, 2.45) is 0 Å². The number of piperidine rings is 1. The maximum atomic E-state index is 12.4. The van der Waals surface area contributed by atoms with E-state index in [-0.39, 0.29) is 0 Å². The molecule has 1 aromatic rings. The Morgan fingerprint density at radius 1 is 1.22 bits per heavy atom. The van der Waals surface area contributed by atoms with Crippen LogP contribution in [0.25, 0.3) is 0 Å². The van der Waals surface area contributed by atoms with Crippen LogP contribution >= 0.6 is 11.3 Å². The lowest BCUT2D eigenvalue weighted by atomic mass is 10.0. The molecule has 18 heavy (non-hydrogen) atoms. The standard InChI is InChI=1S/C12H18N2O2S2/c15-18(16,12-5-3-9-17-12)14-8-7-13-6-2-1-4-11(13)10-14/h3,5,9,11H,1-2,4,6-8,10H2. The Labute approximate surface area is 112 Å². The van der Waals surface area contributed by atoms with Gasteiger partial charge in [0.1, 0.15) is 4.21 Å². The number of thiophene rings is 1. The van der Waals surface area contributed by atoms with Gasteiger partial charge in [0.25, 0.3) is 10.0 Å². The zero-order chi connectivity index (χ0) is 12.6. The first-order valence-electron chi connectivity index (χ1n) is 6.45. The summed E-state index contributed by atoms with van der Waals surface area (Å²) in [6.07, 6.45) is 3.62. The summed E-state index contributed by atoms with van der Waals surface area (Å²) in [5.74, 6) is 0. The molecule has 4 nitrogen and oxygen atoms in total. The van der Waals surface area contributed by atoms with Gasteiger partial charge in [-0.2, -0.15) is 4.31 Å². The molecule has 0 N–H and O–H groups in total. The molecule has 6 heteroatoms. The van der Waals surface area contributed by atoms with Crippen LogP contribution in [0.3, 0.4) is 0 Å². The minimum Gasteiger partial charge on any atom is -0.298 e. The molecule has 0 bridgehead atoms. The van der Waals surface area contributed by atoms with Gasteiger partial charge in [-0.05, 0) is 30.8 Å². The number of sulfonamides is 1. The molecular formula is C12H18N2O2S2. The second-order valence-corrected chi connectivity index (χ2v) is 8.09. The lowest BCUT2D eigenvalue weighted by molar-refractivity contribution is 0.0852. The van der Waals surface area contributed by atoms with Gasteiger partial charge in [-0.25, -0.2) is 8.42 Å². The minimum absolute atomic E-state index is 0.433. The molecule has 1 atom stereocenters. The number of hydrogen-bond acceptors (Lipinski definition) is 4. The van der Waals surface area contributed by atoms with Gasteiger partial charge < -0.3 is 0 Å². The Kier molecular flexibility index (Phi) is 3.44. The van der Waals surface area contributed by atoms with Crippen molar-refractivity contribution in [3.8, 4) is 0 Å². The van der Waals surface area contributed by atoms with E-state index in [1.807, 2.05) is 5.38 Å². The van der Waals surface area contributed by atoms with Crippen molar-refractivity contribution >= 4 is 21.4 Å². The molecule has 2 aliphatic rings. The molecule has 0 saturated carbocycles. The predicted molar refractivity (Wildman–Crippen MR) is 72.3 cm³/mol. The van der Waals surface area contributed by atoms with Crippen LogP contribution in [0.2, 0.25) is 0 Å². The third-order valence-corrected chi connectivity index (χ3v) is 7.13. The summed E-state index contributed by atoms with van der Waals surface area (Å²) in [4.78, 5) is 2.45. The lowest BCUT2D eigenvalue weighted by Crippen LogP contribution is -2.55. The average molecular weight is 286 g/mol. The summed E-state index contributed by atoms with van der Waals surface area (Å²) in [7, 11) is -3.24. The van der Waals surface area contributed by atoms with Gasteiger partial charge in [0.15, 0.2) is 0 Å². The summed E-state index contributed by atoms with van der Waals surface area (Å²) in [6, 6.07) is 3.93. The first-order valence-corrected chi connectivity index (χ1v) is 8.77. The number of hydrogen-bond donors (Lipinski definition) is 0. The second-order valence-electron chi connectivity index (χ2n) is 4.98. The molecule has 2 aliphatic heterocycles. The van der Waals surface area contributed by atoms with Gasteiger partial charge >= 0.3 is 0 Å². The molecule has 2 fully saturated rings. The van der Waals surface area contributed by atoms with Crippen molar-refractivity contribution in [3.63, 3.8) is 0 Å². The topological polar surface area (TPSA) is 40.6 Å². The first kappa shape index (κ1) is 12.6. The monoisotopic (exact) mass is 286 g/mol. The van der Waals surface area contributed by atoms with Gasteiger partial charge in [-0.15, -0.1) is 11.3 Å². The zero-order valence-corrected chi connectivity index (χ0v) is 11.9. The Morgan fingerprint density at radius 3 is 2.89 bits per heavy atom. The highest BCUT2D eigenvalue weighted by Crippen LogP contribution is 2.27.